The Hall–Kier alpha value is -2.02. The first kappa shape index (κ1) is 13.9. The lowest BCUT2D eigenvalue weighted by Crippen LogP contribution is -1.97. The van der Waals surface area contributed by atoms with Gasteiger partial charge < -0.3 is 4.74 Å². The van der Waals surface area contributed by atoms with Gasteiger partial charge in [0.2, 0.25) is 0 Å². The molecular formula is C20H22O. The van der Waals surface area contributed by atoms with Crippen molar-refractivity contribution in [1.29, 1.82) is 0 Å². The molecule has 0 saturated heterocycles. The summed E-state index contributed by atoms with van der Waals surface area (Å²) < 4.78 is 5.86. The highest BCUT2D eigenvalue weighted by molar-refractivity contribution is 5.78. The molecule has 2 aromatic rings. The van der Waals surface area contributed by atoms with Crippen LogP contribution in [0, 0.1) is 0 Å². The van der Waals surface area contributed by atoms with Crippen LogP contribution in [0.4, 0.5) is 0 Å². The first-order chi connectivity index (χ1) is 10.3. The molecule has 0 atom stereocenters. The minimum atomic E-state index is 0.820. The van der Waals surface area contributed by atoms with Crippen LogP contribution in [0.15, 0.2) is 43.0 Å². The Labute approximate surface area is 127 Å². The van der Waals surface area contributed by atoms with Gasteiger partial charge >= 0.3 is 0 Å². The number of rotatable bonds is 6. The summed E-state index contributed by atoms with van der Waals surface area (Å²) in [4.78, 5) is 0. The minimum absolute atomic E-state index is 0.820. The average Bonchev–Trinajstić information content (AvgIpc) is 2.88. The third kappa shape index (κ3) is 2.87. The lowest BCUT2D eigenvalue weighted by atomic mass is 10.0. The van der Waals surface area contributed by atoms with Crippen molar-refractivity contribution in [3.63, 3.8) is 0 Å². The van der Waals surface area contributed by atoms with Gasteiger partial charge in [0, 0.05) is 0 Å². The van der Waals surface area contributed by atoms with Crippen molar-refractivity contribution in [2.45, 2.75) is 32.6 Å². The summed E-state index contributed by atoms with van der Waals surface area (Å²) in [7, 11) is 0. The lowest BCUT2D eigenvalue weighted by Gasteiger charge is -2.08. The Morgan fingerprint density at radius 1 is 1.05 bits per heavy atom. The van der Waals surface area contributed by atoms with Gasteiger partial charge in [-0.2, -0.15) is 0 Å². The molecule has 0 spiro atoms. The third-order valence-electron chi connectivity index (χ3n) is 4.13. The zero-order valence-corrected chi connectivity index (χ0v) is 12.7. The molecule has 1 aliphatic carbocycles. The Kier molecular flexibility index (Phi) is 4.10. The Balaban J connectivity index is 1.77. The van der Waals surface area contributed by atoms with Crippen molar-refractivity contribution in [3.05, 3.63) is 59.7 Å². The molecule has 0 unspecified atom stereocenters. The molecule has 0 N–H and O–H groups in total. The fourth-order valence-corrected chi connectivity index (χ4v) is 2.97. The van der Waals surface area contributed by atoms with Crippen molar-refractivity contribution in [3.8, 4) is 16.9 Å². The first-order valence-electron chi connectivity index (χ1n) is 7.83. The standard InChI is InChI=1S/C20H22O/c1-3-5-6-11-21-18-8-10-20-17(14-18)13-16-12-15(4-2)7-9-19(16)20/h4,7-10,12,14H,2-3,5-6,11,13H2,1H3. The highest BCUT2D eigenvalue weighted by Crippen LogP contribution is 2.38. The topological polar surface area (TPSA) is 9.23 Å². The van der Waals surface area contributed by atoms with E-state index in [1.54, 1.807) is 0 Å². The predicted octanol–water partition coefficient (Wildman–Crippen LogP) is 5.47. The number of unbranched alkanes of at least 4 members (excludes halogenated alkanes) is 2. The van der Waals surface area contributed by atoms with Crippen LogP contribution in [0.5, 0.6) is 5.75 Å². The summed E-state index contributed by atoms with van der Waals surface area (Å²) in [5, 5.41) is 0. The van der Waals surface area contributed by atoms with E-state index in [0.717, 1.165) is 25.2 Å². The van der Waals surface area contributed by atoms with Crippen molar-refractivity contribution in [2.24, 2.45) is 0 Å². The highest BCUT2D eigenvalue weighted by Gasteiger charge is 2.18. The molecule has 0 aliphatic heterocycles. The third-order valence-corrected chi connectivity index (χ3v) is 4.13. The molecule has 3 rings (SSSR count). The van der Waals surface area contributed by atoms with Gasteiger partial charge in [-0.25, -0.2) is 0 Å². The molecule has 0 aromatic heterocycles. The molecule has 0 amide bonds. The van der Waals surface area contributed by atoms with Crippen LogP contribution < -0.4 is 4.74 Å². The van der Waals surface area contributed by atoms with Crippen LogP contribution in [0.25, 0.3) is 17.2 Å². The van der Waals surface area contributed by atoms with Crippen molar-refractivity contribution < 1.29 is 4.74 Å². The SMILES string of the molecule is C=Cc1ccc2c(c1)Cc1cc(OCCCCC)ccc1-2. The molecule has 2 aromatic carbocycles. The summed E-state index contributed by atoms with van der Waals surface area (Å²) in [6, 6.07) is 13.1. The van der Waals surface area contributed by atoms with Gasteiger partial charge in [-0.3, -0.25) is 0 Å². The smallest absolute Gasteiger partial charge is 0.119 e. The van der Waals surface area contributed by atoms with Gasteiger partial charge in [-0.05, 0) is 52.8 Å². The quantitative estimate of drug-likeness (QED) is 0.543. The van der Waals surface area contributed by atoms with Crippen LogP contribution >= 0.6 is 0 Å². The molecule has 0 bridgehead atoms. The van der Waals surface area contributed by atoms with E-state index in [1.807, 2.05) is 6.08 Å². The van der Waals surface area contributed by atoms with E-state index in [1.165, 1.54) is 40.7 Å². The molecule has 1 heteroatoms. The second-order valence-electron chi connectivity index (χ2n) is 5.67. The van der Waals surface area contributed by atoms with Crippen molar-refractivity contribution >= 4 is 6.08 Å². The number of hydrogen-bond donors (Lipinski definition) is 0. The van der Waals surface area contributed by atoms with Crippen molar-refractivity contribution in [1.82, 2.24) is 0 Å². The second kappa shape index (κ2) is 6.17. The van der Waals surface area contributed by atoms with Crippen molar-refractivity contribution in [2.75, 3.05) is 6.61 Å². The summed E-state index contributed by atoms with van der Waals surface area (Å²) in [5.41, 5.74) is 6.66. The molecule has 0 fully saturated rings. The first-order valence-corrected chi connectivity index (χ1v) is 7.83. The summed E-state index contributed by atoms with van der Waals surface area (Å²) in [5.74, 6) is 1.00. The Morgan fingerprint density at radius 2 is 1.81 bits per heavy atom. The van der Waals surface area contributed by atoms with E-state index in [-0.39, 0.29) is 0 Å². The molecule has 108 valence electrons. The van der Waals surface area contributed by atoms with Crippen LogP contribution in [-0.4, -0.2) is 6.61 Å². The number of benzene rings is 2. The maximum absolute atomic E-state index is 5.86. The zero-order chi connectivity index (χ0) is 14.7. The van der Waals surface area contributed by atoms with E-state index >= 15 is 0 Å². The van der Waals surface area contributed by atoms with E-state index in [0.29, 0.717) is 0 Å². The van der Waals surface area contributed by atoms with Gasteiger partial charge in [0.15, 0.2) is 0 Å². The highest BCUT2D eigenvalue weighted by atomic mass is 16.5. The monoisotopic (exact) mass is 278 g/mol. The van der Waals surface area contributed by atoms with Gasteiger partial charge in [-0.1, -0.05) is 56.7 Å². The van der Waals surface area contributed by atoms with Gasteiger partial charge in [0.1, 0.15) is 5.75 Å². The van der Waals surface area contributed by atoms with Crippen LogP contribution in [0.2, 0.25) is 0 Å². The van der Waals surface area contributed by atoms with E-state index in [2.05, 4.69) is 49.9 Å². The zero-order valence-electron chi connectivity index (χ0n) is 12.7. The lowest BCUT2D eigenvalue weighted by molar-refractivity contribution is 0.306. The summed E-state index contributed by atoms with van der Waals surface area (Å²) >= 11 is 0. The van der Waals surface area contributed by atoms with Gasteiger partial charge in [-0.15, -0.1) is 0 Å². The molecule has 0 radical (unpaired) electrons. The fraction of sp³-hybridized carbons (Fsp3) is 0.300. The Morgan fingerprint density at radius 3 is 2.57 bits per heavy atom. The number of ether oxygens (including phenoxy) is 1. The number of hydrogen-bond acceptors (Lipinski definition) is 1. The van der Waals surface area contributed by atoms with Crippen LogP contribution in [0.3, 0.4) is 0 Å². The second-order valence-corrected chi connectivity index (χ2v) is 5.67. The maximum atomic E-state index is 5.86. The predicted molar refractivity (Wildman–Crippen MR) is 89.8 cm³/mol. The molecular weight excluding hydrogens is 256 g/mol. The summed E-state index contributed by atoms with van der Waals surface area (Å²) in [6.07, 6.45) is 6.51. The van der Waals surface area contributed by atoms with Gasteiger partial charge in [0.25, 0.3) is 0 Å². The molecule has 1 nitrogen and oxygen atoms in total. The summed E-state index contributed by atoms with van der Waals surface area (Å²) in [6.45, 7) is 6.88. The average molecular weight is 278 g/mol. The van der Waals surface area contributed by atoms with Crippen LogP contribution in [-0.2, 0) is 6.42 Å². The molecule has 0 saturated carbocycles. The normalized spacial score (nSPS) is 11.9. The Bertz CT molecular complexity index is 655. The number of fused-ring (bicyclic) bond motifs is 3. The fourth-order valence-electron chi connectivity index (χ4n) is 2.97. The van der Waals surface area contributed by atoms with E-state index < -0.39 is 0 Å². The maximum Gasteiger partial charge on any atom is 0.119 e. The van der Waals surface area contributed by atoms with E-state index in [4.69, 9.17) is 4.74 Å². The molecule has 1 aliphatic rings. The van der Waals surface area contributed by atoms with E-state index in [9.17, 15) is 0 Å². The largest absolute Gasteiger partial charge is 0.494 e. The van der Waals surface area contributed by atoms with Crippen LogP contribution in [0.1, 0.15) is 42.9 Å². The van der Waals surface area contributed by atoms with Gasteiger partial charge in [0.05, 0.1) is 6.61 Å². The molecule has 21 heavy (non-hydrogen) atoms. The molecule has 0 heterocycles. The minimum Gasteiger partial charge on any atom is -0.494 e.